The van der Waals surface area contributed by atoms with Crippen molar-refractivity contribution < 1.29 is 9.59 Å². The molecule has 2 aliphatic rings. The minimum Gasteiger partial charge on any atom is -0.340 e. The summed E-state index contributed by atoms with van der Waals surface area (Å²) in [5.74, 6) is 0.688. The Morgan fingerprint density at radius 2 is 1.95 bits per heavy atom. The van der Waals surface area contributed by atoms with E-state index in [9.17, 15) is 9.59 Å². The van der Waals surface area contributed by atoms with Crippen LogP contribution in [0.25, 0.3) is 0 Å². The van der Waals surface area contributed by atoms with Gasteiger partial charge in [-0.2, -0.15) is 0 Å². The molecule has 0 radical (unpaired) electrons. The van der Waals surface area contributed by atoms with Crippen molar-refractivity contribution in [3.05, 3.63) is 0 Å². The van der Waals surface area contributed by atoms with Gasteiger partial charge in [-0.05, 0) is 25.2 Å². The highest BCUT2D eigenvalue weighted by molar-refractivity contribution is 6.00. The molecular formula is C16H28N2O2. The number of amides is 2. The topological polar surface area (TPSA) is 49.4 Å². The maximum absolute atomic E-state index is 12.9. The second-order valence-corrected chi connectivity index (χ2v) is 6.55. The molecule has 0 aromatic carbocycles. The molecule has 1 aliphatic carbocycles. The molecule has 1 aliphatic heterocycles. The quantitative estimate of drug-likeness (QED) is 0.841. The van der Waals surface area contributed by atoms with E-state index in [1.807, 2.05) is 4.90 Å². The molecule has 2 rings (SSSR count). The summed E-state index contributed by atoms with van der Waals surface area (Å²) in [7, 11) is 0. The Kier molecular flexibility index (Phi) is 4.71. The Labute approximate surface area is 122 Å². The Morgan fingerprint density at radius 3 is 2.50 bits per heavy atom. The average Bonchev–Trinajstić information content (AvgIpc) is 2.89. The normalized spacial score (nSPS) is 26.9. The SMILES string of the molecule is CCCC1C(=O)NC2(CCCC2)C(=O)N1CC(C)CC. The first kappa shape index (κ1) is 15.3. The van der Waals surface area contributed by atoms with E-state index in [-0.39, 0.29) is 17.9 Å². The third-order valence-corrected chi connectivity index (χ3v) is 4.94. The third-order valence-electron chi connectivity index (χ3n) is 4.94. The number of nitrogens with zero attached hydrogens (tertiary/aromatic N) is 1. The Balaban J connectivity index is 2.23. The van der Waals surface area contributed by atoms with Crippen LogP contribution in [0.2, 0.25) is 0 Å². The number of hydrogen-bond acceptors (Lipinski definition) is 2. The van der Waals surface area contributed by atoms with Crippen LogP contribution in [0.4, 0.5) is 0 Å². The molecule has 2 fully saturated rings. The van der Waals surface area contributed by atoms with E-state index in [2.05, 4.69) is 26.1 Å². The lowest BCUT2D eigenvalue weighted by atomic mass is 9.88. The number of carbonyl (C=O) groups excluding carboxylic acids is 2. The molecule has 1 spiro atoms. The van der Waals surface area contributed by atoms with Gasteiger partial charge in [-0.1, -0.05) is 46.5 Å². The first-order valence-corrected chi connectivity index (χ1v) is 8.17. The molecule has 0 bridgehead atoms. The molecule has 1 saturated carbocycles. The number of piperazine rings is 1. The monoisotopic (exact) mass is 280 g/mol. The summed E-state index contributed by atoms with van der Waals surface area (Å²) in [6.45, 7) is 7.08. The lowest BCUT2D eigenvalue weighted by molar-refractivity contribution is -0.155. The van der Waals surface area contributed by atoms with Gasteiger partial charge in [0.05, 0.1) is 0 Å². The van der Waals surface area contributed by atoms with Crippen LogP contribution in [0.1, 0.15) is 65.7 Å². The van der Waals surface area contributed by atoms with Crippen LogP contribution in [-0.4, -0.2) is 34.8 Å². The third kappa shape index (κ3) is 2.70. The summed E-state index contributed by atoms with van der Waals surface area (Å²) in [5.41, 5.74) is -0.575. The fraction of sp³-hybridized carbons (Fsp3) is 0.875. The number of rotatable bonds is 5. The van der Waals surface area contributed by atoms with Crippen molar-refractivity contribution >= 4 is 11.8 Å². The van der Waals surface area contributed by atoms with Gasteiger partial charge >= 0.3 is 0 Å². The Morgan fingerprint density at radius 1 is 1.30 bits per heavy atom. The van der Waals surface area contributed by atoms with Gasteiger partial charge < -0.3 is 10.2 Å². The molecule has 1 saturated heterocycles. The lowest BCUT2D eigenvalue weighted by Crippen LogP contribution is -2.69. The highest BCUT2D eigenvalue weighted by atomic mass is 16.2. The van der Waals surface area contributed by atoms with E-state index in [4.69, 9.17) is 0 Å². The van der Waals surface area contributed by atoms with Crippen molar-refractivity contribution in [2.45, 2.75) is 77.3 Å². The van der Waals surface area contributed by atoms with E-state index in [1.165, 1.54) is 0 Å². The summed E-state index contributed by atoms with van der Waals surface area (Å²) in [6.07, 6.45) is 6.45. The zero-order chi connectivity index (χ0) is 14.8. The number of hydrogen-bond donors (Lipinski definition) is 1. The molecule has 1 N–H and O–H groups in total. The molecule has 0 aromatic rings. The molecule has 2 atom stereocenters. The predicted octanol–water partition coefficient (Wildman–Crippen LogP) is 2.47. The van der Waals surface area contributed by atoms with Crippen LogP contribution in [0.3, 0.4) is 0 Å². The Bertz CT molecular complexity index is 375. The van der Waals surface area contributed by atoms with E-state index in [1.54, 1.807) is 0 Å². The number of carbonyl (C=O) groups is 2. The molecule has 0 aromatic heterocycles. The minimum absolute atomic E-state index is 0.0663. The van der Waals surface area contributed by atoms with Gasteiger partial charge in [-0.25, -0.2) is 0 Å². The molecule has 1 heterocycles. The van der Waals surface area contributed by atoms with Gasteiger partial charge in [0.1, 0.15) is 11.6 Å². The van der Waals surface area contributed by atoms with Gasteiger partial charge in [-0.3, -0.25) is 9.59 Å². The molecule has 2 amide bonds. The minimum atomic E-state index is -0.575. The van der Waals surface area contributed by atoms with Crippen LogP contribution in [-0.2, 0) is 9.59 Å². The second kappa shape index (κ2) is 6.15. The summed E-state index contributed by atoms with van der Waals surface area (Å²) in [6, 6.07) is -0.257. The highest BCUT2D eigenvalue weighted by Crippen LogP contribution is 2.35. The van der Waals surface area contributed by atoms with Crippen LogP contribution < -0.4 is 5.32 Å². The summed E-state index contributed by atoms with van der Waals surface area (Å²) in [4.78, 5) is 27.3. The Hall–Kier alpha value is -1.06. The van der Waals surface area contributed by atoms with Gasteiger partial charge in [0.2, 0.25) is 11.8 Å². The van der Waals surface area contributed by atoms with Crippen LogP contribution in [0.15, 0.2) is 0 Å². The molecule has 2 unspecified atom stereocenters. The van der Waals surface area contributed by atoms with Gasteiger partial charge in [0.15, 0.2) is 0 Å². The molecular weight excluding hydrogens is 252 g/mol. The molecule has 4 nitrogen and oxygen atoms in total. The van der Waals surface area contributed by atoms with Crippen LogP contribution in [0, 0.1) is 5.92 Å². The van der Waals surface area contributed by atoms with Gasteiger partial charge in [-0.15, -0.1) is 0 Å². The predicted molar refractivity (Wildman–Crippen MR) is 79.2 cm³/mol. The standard InChI is InChI=1S/C16H28N2O2/c1-4-8-13-14(19)17-16(9-6-7-10-16)15(20)18(13)11-12(3)5-2/h12-13H,4-11H2,1-3H3,(H,17,19). The first-order valence-electron chi connectivity index (χ1n) is 8.17. The van der Waals surface area contributed by atoms with E-state index in [0.717, 1.165) is 51.5 Å². The van der Waals surface area contributed by atoms with Gasteiger partial charge in [0, 0.05) is 6.54 Å². The van der Waals surface area contributed by atoms with Crippen molar-refractivity contribution in [3.63, 3.8) is 0 Å². The number of nitrogens with one attached hydrogen (secondary N) is 1. The zero-order valence-corrected chi connectivity index (χ0v) is 13.1. The average molecular weight is 280 g/mol. The summed E-state index contributed by atoms with van der Waals surface area (Å²) < 4.78 is 0. The maximum atomic E-state index is 12.9. The fourth-order valence-corrected chi connectivity index (χ4v) is 3.48. The van der Waals surface area contributed by atoms with Crippen molar-refractivity contribution in [3.8, 4) is 0 Å². The second-order valence-electron chi connectivity index (χ2n) is 6.55. The fourth-order valence-electron chi connectivity index (χ4n) is 3.48. The van der Waals surface area contributed by atoms with E-state index >= 15 is 0 Å². The molecule has 114 valence electrons. The van der Waals surface area contributed by atoms with Crippen LogP contribution >= 0.6 is 0 Å². The van der Waals surface area contributed by atoms with Gasteiger partial charge in [0.25, 0.3) is 0 Å². The maximum Gasteiger partial charge on any atom is 0.249 e. The highest BCUT2D eigenvalue weighted by Gasteiger charge is 2.51. The van der Waals surface area contributed by atoms with Crippen molar-refractivity contribution in [2.75, 3.05) is 6.54 Å². The van der Waals surface area contributed by atoms with Crippen molar-refractivity contribution in [2.24, 2.45) is 5.92 Å². The summed E-state index contributed by atoms with van der Waals surface area (Å²) >= 11 is 0. The zero-order valence-electron chi connectivity index (χ0n) is 13.1. The van der Waals surface area contributed by atoms with Crippen molar-refractivity contribution in [1.29, 1.82) is 0 Å². The summed E-state index contributed by atoms with van der Waals surface area (Å²) in [5, 5.41) is 3.07. The molecule has 20 heavy (non-hydrogen) atoms. The van der Waals surface area contributed by atoms with E-state index < -0.39 is 5.54 Å². The van der Waals surface area contributed by atoms with Crippen LogP contribution in [0.5, 0.6) is 0 Å². The molecule has 4 heteroatoms. The van der Waals surface area contributed by atoms with E-state index in [0.29, 0.717) is 5.92 Å². The first-order chi connectivity index (χ1) is 9.54. The smallest absolute Gasteiger partial charge is 0.249 e. The largest absolute Gasteiger partial charge is 0.340 e. The van der Waals surface area contributed by atoms with Crippen molar-refractivity contribution in [1.82, 2.24) is 10.2 Å². The lowest BCUT2D eigenvalue weighted by Gasteiger charge is -2.45.